The van der Waals surface area contributed by atoms with E-state index in [1.165, 1.54) is 5.70 Å². The Morgan fingerprint density at radius 1 is 1.29 bits per heavy atom. The van der Waals surface area contributed by atoms with Crippen LogP contribution in [0.4, 0.5) is 0 Å². The van der Waals surface area contributed by atoms with Gasteiger partial charge in [0, 0.05) is 26.2 Å². The fourth-order valence-corrected chi connectivity index (χ4v) is 7.93. The summed E-state index contributed by atoms with van der Waals surface area (Å²) in [5, 5.41) is 0. The van der Waals surface area contributed by atoms with Gasteiger partial charge in [0.15, 0.2) is 0 Å². The fourth-order valence-electron chi connectivity index (χ4n) is 1.99. The Morgan fingerprint density at radius 3 is 2.14 bits per heavy atom. The van der Waals surface area contributed by atoms with Gasteiger partial charge in [0.25, 0.3) is 0 Å². The minimum Gasteiger partial charge on any atom is 0 e. The average molecular weight is 376 g/mol. The van der Waals surface area contributed by atoms with Gasteiger partial charge in [-0.25, -0.2) is 0 Å². The molecule has 1 aliphatic rings. The Bertz CT molecular complexity index is 238. The van der Waals surface area contributed by atoms with Gasteiger partial charge >= 0.3 is 89.7 Å². The number of hydrogen-bond donors (Lipinski definition) is 0. The van der Waals surface area contributed by atoms with Crippen molar-refractivity contribution in [3.63, 3.8) is 0 Å². The van der Waals surface area contributed by atoms with Crippen LogP contribution >= 0.6 is 0 Å². The fraction of sp³-hybridized carbons (Fsp3) is 0.636. The molecule has 77 valence electrons. The summed E-state index contributed by atoms with van der Waals surface area (Å²) in [6.07, 6.45) is 7.85. The number of nitrogens with zero attached hydrogens (tertiary/aromatic N) is 1. The van der Waals surface area contributed by atoms with Gasteiger partial charge in [-0.1, -0.05) is 0 Å². The first kappa shape index (κ1) is 15.0. The molecule has 0 bridgehead atoms. The molecular weight excluding hydrogens is 356 g/mol. The molecule has 0 atom stereocenters. The van der Waals surface area contributed by atoms with Gasteiger partial charge in [-0.2, -0.15) is 0 Å². The average Bonchev–Trinajstić information content (AvgIpc) is 2.34. The summed E-state index contributed by atoms with van der Waals surface area (Å²) in [6, 6.07) is 0. The van der Waals surface area contributed by atoms with Crippen LogP contribution in [0.15, 0.2) is 23.9 Å². The zero-order valence-corrected chi connectivity index (χ0v) is 15.2. The first-order valence-corrected chi connectivity index (χ1v) is 11.9. The predicted octanol–water partition coefficient (Wildman–Crippen LogP) is 3.18. The molecule has 3 heteroatoms. The van der Waals surface area contributed by atoms with Crippen LogP contribution in [0.25, 0.3) is 0 Å². The molecule has 14 heavy (non-hydrogen) atoms. The van der Waals surface area contributed by atoms with E-state index in [2.05, 4.69) is 52.0 Å². The molecule has 0 fully saturated rings. The summed E-state index contributed by atoms with van der Waals surface area (Å²) < 4.78 is 2.69. The van der Waals surface area contributed by atoms with E-state index in [0.29, 0.717) is 5.54 Å². The molecule has 0 aromatic rings. The Kier molecular flexibility index (Phi) is 6.29. The van der Waals surface area contributed by atoms with E-state index < -0.39 is 20.0 Å². The third-order valence-electron chi connectivity index (χ3n) is 2.16. The maximum Gasteiger partial charge on any atom is 0 e. The molecule has 0 spiro atoms. The van der Waals surface area contributed by atoms with E-state index in [1.807, 2.05) is 0 Å². The standard InChI is InChI=1S/C9H14N.2CH3.Sn.Zr/c1-9(2,3)10-8-6-4-5-7-8;;;;/h4-6H,7H2,1-3H3;2*1H3;;/q-1;;;+1;. The van der Waals surface area contributed by atoms with E-state index in [-0.39, 0.29) is 26.2 Å². The third-order valence-corrected chi connectivity index (χ3v) is 7.44. The molecule has 0 aromatic heterocycles. The van der Waals surface area contributed by atoms with E-state index >= 15 is 0 Å². The van der Waals surface area contributed by atoms with Gasteiger partial charge in [-0.3, -0.25) is 0 Å². The zero-order valence-electron chi connectivity index (χ0n) is 9.89. The van der Waals surface area contributed by atoms with E-state index in [0.717, 1.165) is 6.42 Å². The van der Waals surface area contributed by atoms with Crippen molar-refractivity contribution in [1.29, 1.82) is 0 Å². The van der Waals surface area contributed by atoms with Gasteiger partial charge < -0.3 is 0 Å². The van der Waals surface area contributed by atoms with Gasteiger partial charge in [0.1, 0.15) is 0 Å². The van der Waals surface area contributed by atoms with Crippen LogP contribution in [0.5, 0.6) is 0 Å². The predicted molar refractivity (Wildman–Crippen MR) is 60.9 cm³/mol. The van der Waals surface area contributed by atoms with Gasteiger partial charge in [0.05, 0.1) is 0 Å². The summed E-state index contributed by atoms with van der Waals surface area (Å²) in [4.78, 5) is 4.90. The van der Waals surface area contributed by atoms with Crippen molar-refractivity contribution >= 4 is 20.0 Å². The van der Waals surface area contributed by atoms with Crippen LogP contribution < -0.4 is 0 Å². The van der Waals surface area contributed by atoms with Gasteiger partial charge in [-0.15, -0.1) is 0 Å². The maximum absolute atomic E-state index is 2.69. The van der Waals surface area contributed by atoms with Crippen molar-refractivity contribution in [2.45, 2.75) is 42.6 Å². The zero-order chi connectivity index (χ0) is 10.1. The molecule has 0 aliphatic heterocycles. The molecule has 1 radical (unpaired) electrons. The van der Waals surface area contributed by atoms with Crippen LogP contribution in [0.3, 0.4) is 0 Å². The van der Waals surface area contributed by atoms with Crippen molar-refractivity contribution in [3.05, 3.63) is 23.9 Å². The number of allylic oxidation sites excluding steroid dienone is 3. The molecule has 1 aliphatic carbocycles. The Balaban J connectivity index is 0.00000169. The summed E-state index contributed by atoms with van der Waals surface area (Å²) in [5.41, 5.74) is 1.85. The number of rotatable bonds is 2. The molecule has 0 heterocycles. The normalized spacial score (nSPS) is 15.4. The van der Waals surface area contributed by atoms with E-state index in [9.17, 15) is 0 Å². The Labute approximate surface area is 115 Å². The second-order valence-electron chi connectivity index (χ2n) is 4.74. The van der Waals surface area contributed by atoms with E-state index in [4.69, 9.17) is 0 Å². The molecule has 0 unspecified atom stereocenters. The molecule has 0 aromatic carbocycles. The topological polar surface area (TPSA) is 3.24 Å². The smallest absolute Gasteiger partial charge is 0 e. The molecule has 0 N–H and O–H groups in total. The minimum atomic E-state index is -1.29. The monoisotopic (exact) mass is 376 g/mol. The van der Waals surface area contributed by atoms with Crippen molar-refractivity contribution < 1.29 is 26.2 Å². The molecule has 0 amide bonds. The maximum atomic E-state index is 2.69. The minimum absolute atomic E-state index is 0. The van der Waals surface area contributed by atoms with Crippen LogP contribution in [-0.4, -0.2) is 28.7 Å². The van der Waals surface area contributed by atoms with Gasteiger partial charge in [0.2, 0.25) is 0 Å². The second kappa shape index (κ2) is 5.89. The van der Waals surface area contributed by atoms with Crippen LogP contribution in [-0.2, 0) is 26.2 Å². The van der Waals surface area contributed by atoms with Crippen molar-refractivity contribution in [2.75, 3.05) is 0 Å². The quantitative estimate of drug-likeness (QED) is 0.670. The Morgan fingerprint density at radius 2 is 1.86 bits per heavy atom. The summed E-state index contributed by atoms with van der Waals surface area (Å²) in [7, 11) is 0. The SMILES string of the molecule is [CH3][Sn]([CH3])[N](C1=CC=CC1)C(C)(C)C.[Zr]. The molecular formula is C11H20NSnZr. The summed E-state index contributed by atoms with van der Waals surface area (Å²) >= 11 is -1.29. The van der Waals surface area contributed by atoms with Crippen LogP contribution in [0.2, 0.25) is 9.88 Å². The largest absolute Gasteiger partial charge is 0 e. The molecule has 1 rings (SSSR count). The summed E-state index contributed by atoms with van der Waals surface area (Å²) in [6.45, 7) is 6.96. The van der Waals surface area contributed by atoms with Gasteiger partial charge in [-0.05, 0) is 0 Å². The van der Waals surface area contributed by atoms with Crippen molar-refractivity contribution in [3.8, 4) is 0 Å². The Hall–Kier alpha value is 0.962. The summed E-state index contributed by atoms with van der Waals surface area (Å²) in [5.74, 6) is 0. The molecule has 0 saturated heterocycles. The van der Waals surface area contributed by atoms with Crippen molar-refractivity contribution in [1.82, 2.24) is 3.12 Å². The second-order valence-corrected chi connectivity index (χ2v) is 11.4. The number of hydrogen-bond acceptors (Lipinski definition) is 1. The van der Waals surface area contributed by atoms with Crippen LogP contribution in [0, 0.1) is 0 Å². The first-order valence-electron chi connectivity index (χ1n) is 4.89. The third kappa shape index (κ3) is 3.85. The molecule has 1 nitrogen and oxygen atoms in total. The van der Waals surface area contributed by atoms with E-state index in [1.54, 1.807) is 0 Å². The first-order chi connectivity index (χ1) is 5.93. The molecule has 0 saturated carbocycles. The van der Waals surface area contributed by atoms with Crippen molar-refractivity contribution in [2.24, 2.45) is 0 Å². The van der Waals surface area contributed by atoms with Crippen LogP contribution in [0.1, 0.15) is 27.2 Å².